The smallest absolute Gasteiger partial charge is 0.241 e. The van der Waals surface area contributed by atoms with Crippen molar-refractivity contribution in [1.82, 2.24) is 5.32 Å². The van der Waals surface area contributed by atoms with Gasteiger partial charge in [0.2, 0.25) is 11.8 Å². The van der Waals surface area contributed by atoms with Gasteiger partial charge < -0.3 is 15.4 Å². The number of carbonyl (C=O) groups excluding carboxylic acids is 2. The lowest BCUT2D eigenvalue weighted by Gasteiger charge is -2.29. The van der Waals surface area contributed by atoms with Gasteiger partial charge in [0.15, 0.2) is 5.11 Å². The highest BCUT2D eigenvalue weighted by Gasteiger charge is 2.67. The average Bonchev–Trinajstić information content (AvgIpc) is 3.40. The summed E-state index contributed by atoms with van der Waals surface area (Å²) >= 11 is 8.83. The van der Waals surface area contributed by atoms with Gasteiger partial charge in [-0.3, -0.25) is 9.59 Å². The van der Waals surface area contributed by atoms with Crippen LogP contribution in [0, 0.1) is 18.8 Å². The van der Waals surface area contributed by atoms with Gasteiger partial charge in [-0.1, -0.05) is 45.8 Å². The number of thiocarbonyl (C=S) groups is 1. The van der Waals surface area contributed by atoms with Crippen LogP contribution in [0.25, 0.3) is 0 Å². The van der Waals surface area contributed by atoms with Crippen molar-refractivity contribution in [3.63, 3.8) is 0 Å². The summed E-state index contributed by atoms with van der Waals surface area (Å²) in [5.41, 5.74) is 1.62. The van der Waals surface area contributed by atoms with Crippen LogP contribution in [0.2, 0.25) is 0 Å². The number of amides is 2. The van der Waals surface area contributed by atoms with Crippen molar-refractivity contribution >= 4 is 56.4 Å². The molecule has 3 heterocycles. The Balaban J connectivity index is 1.33. The van der Waals surface area contributed by atoms with Crippen LogP contribution < -0.4 is 15.5 Å². The van der Waals surface area contributed by atoms with E-state index in [0.717, 1.165) is 15.7 Å². The topological polar surface area (TPSA) is 70.7 Å². The highest BCUT2D eigenvalue weighted by molar-refractivity contribution is 9.10. The third-order valence-electron chi connectivity index (χ3n) is 6.07. The molecule has 0 saturated carbocycles. The van der Waals surface area contributed by atoms with Crippen LogP contribution in [0.15, 0.2) is 65.2 Å². The maximum Gasteiger partial charge on any atom is 0.241 e. The third-order valence-corrected chi connectivity index (χ3v) is 6.85. The van der Waals surface area contributed by atoms with E-state index in [1.165, 1.54) is 4.90 Å². The van der Waals surface area contributed by atoms with E-state index in [4.69, 9.17) is 17.0 Å². The Bertz CT molecular complexity index is 1100. The van der Waals surface area contributed by atoms with E-state index in [0.29, 0.717) is 17.3 Å². The quantitative estimate of drug-likeness (QED) is 0.382. The lowest BCUT2D eigenvalue weighted by Crippen LogP contribution is -2.49. The third kappa shape index (κ3) is 3.39. The number of nitrogens with one attached hydrogen (secondary N) is 2. The molecule has 2 saturated heterocycles. The van der Waals surface area contributed by atoms with Gasteiger partial charge in [0.1, 0.15) is 5.60 Å². The van der Waals surface area contributed by atoms with E-state index in [2.05, 4.69) is 26.6 Å². The van der Waals surface area contributed by atoms with Crippen molar-refractivity contribution in [3.05, 3.63) is 70.7 Å². The number of nitrogens with zero attached hydrogens (tertiary/aromatic N) is 1. The normalized spacial score (nSPS) is 28.2. The number of ether oxygens (including phenoxy) is 1. The number of carbonyl (C=O) groups is 2. The molecule has 0 aliphatic carbocycles. The average molecular weight is 498 g/mol. The molecule has 158 valence electrons. The Morgan fingerprint density at radius 1 is 1.13 bits per heavy atom. The molecule has 8 heteroatoms. The Hall–Kier alpha value is -2.55. The maximum absolute atomic E-state index is 13.4. The highest BCUT2D eigenvalue weighted by Crippen LogP contribution is 2.52. The zero-order valence-corrected chi connectivity index (χ0v) is 19.1. The van der Waals surface area contributed by atoms with E-state index in [1.54, 1.807) is 0 Å². The van der Waals surface area contributed by atoms with Crippen molar-refractivity contribution in [2.45, 2.75) is 18.6 Å². The highest BCUT2D eigenvalue weighted by atomic mass is 79.9. The molecule has 6 nitrogen and oxygen atoms in total. The minimum atomic E-state index is -0.896. The Labute approximate surface area is 193 Å². The Morgan fingerprint density at radius 2 is 1.84 bits per heavy atom. The van der Waals surface area contributed by atoms with Gasteiger partial charge in [-0.2, -0.15) is 0 Å². The molecule has 0 radical (unpaired) electrons. The van der Waals surface area contributed by atoms with Crippen LogP contribution in [0.5, 0.6) is 0 Å². The molecule has 5 rings (SSSR count). The molecule has 2 aromatic carbocycles. The van der Waals surface area contributed by atoms with Gasteiger partial charge in [-0.15, -0.1) is 0 Å². The predicted molar refractivity (Wildman–Crippen MR) is 126 cm³/mol. The van der Waals surface area contributed by atoms with Gasteiger partial charge in [0.05, 0.1) is 30.2 Å². The number of imide groups is 1. The zero-order valence-electron chi connectivity index (χ0n) is 16.7. The van der Waals surface area contributed by atoms with Crippen LogP contribution >= 0.6 is 28.1 Å². The fourth-order valence-electron chi connectivity index (χ4n) is 4.58. The summed E-state index contributed by atoms with van der Waals surface area (Å²) in [6.07, 6.45) is 3.39. The molecule has 2 fully saturated rings. The SMILES string of the molecule is Cc1ccc(N2C(=O)[C@@H]3[C@@H](C2=O)[C@@]2(CNC(=S)Nc4ccc(Br)cc4)C=C[C@H]3O2)cc1. The standard InChI is InChI=1S/C23H20BrN3O3S/c1-13-2-8-16(9-3-13)27-20(28)18-17-10-11-23(30-17,19(18)21(27)29)12-25-22(31)26-15-6-4-14(24)5-7-15/h2-11,17-19H,12H2,1H3,(H2,25,26,31)/t17-,18+,19+,23+/m1/s1. The number of anilines is 2. The molecular formula is C23H20BrN3O3S. The monoisotopic (exact) mass is 497 g/mol. The van der Waals surface area contributed by atoms with E-state index >= 15 is 0 Å². The number of benzene rings is 2. The van der Waals surface area contributed by atoms with E-state index < -0.39 is 23.5 Å². The molecule has 2 amide bonds. The molecule has 4 atom stereocenters. The van der Waals surface area contributed by atoms with Gasteiger partial charge >= 0.3 is 0 Å². The first kappa shape index (κ1) is 20.4. The van der Waals surface area contributed by atoms with Crippen molar-refractivity contribution in [1.29, 1.82) is 0 Å². The Morgan fingerprint density at radius 3 is 2.55 bits per heavy atom. The predicted octanol–water partition coefficient (Wildman–Crippen LogP) is 3.56. The largest absolute Gasteiger partial charge is 0.360 e. The van der Waals surface area contributed by atoms with Gasteiger partial charge in [-0.25, -0.2) is 4.90 Å². The summed E-state index contributed by atoms with van der Waals surface area (Å²) < 4.78 is 7.13. The molecule has 0 aromatic heterocycles. The lowest BCUT2D eigenvalue weighted by atomic mass is 9.77. The van der Waals surface area contributed by atoms with Crippen molar-refractivity contribution in [2.75, 3.05) is 16.8 Å². The summed E-state index contributed by atoms with van der Waals surface area (Å²) in [5, 5.41) is 6.72. The van der Waals surface area contributed by atoms with Crippen LogP contribution in [-0.4, -0.2) is 35.2 Å². The summed E-state index contributed by atoms with van der Waals surface area (Å²) in [6.45, 7) is 2.26. The van der Waals surface area contributed by atoms with Gasteiger partial charge in [0.25, 0.3) is 0 Å². The zero-order chi connectivity index (χ0) is 21.8. The summed E-state index contributed by atoms with van der Waals surface area (Å²) in [5.74, 6) is -1.50. The Kier molecular flexibility index (Phi) is 4.96. The fourth-order valence-corrected chi connectivity index (χ4v) is 5.04. The van der Waals surface area contributed by atoms with E-state index in [-0.39, 0.29) is 11.8 Å². The first-order chi connectivity index (χ1) is 14.9. The minimum absolute atomic E-state index is 0.203. The number of aryl methyl sites for hydroxylation is 1. The molecule has 3 aliphatic rings. The number of hydrogen-bond acceptors (Lipinski definition) is 4. The molecule has 31 heavy (non-hydrogen) atoms. The summed E-state index contributed by atoms with van der Waals surface area (Å²) in [4.78, 5) is 27.8. The van der Waals surface area contributed by atoms with Gasteiger partial charge in [0, 0.05) is 10.2 Å². The molecule has 0 spiro atoms. The number of fused-ring (bicyclic) bond motifs is 5. The van der Waals surface area contributed by atoms with Crippen LogP contribution in [0.3, 0.4) is 0 Å². The first-order valence-electron chi connectivity index (χ1n) is 10.00. The maximum atomic E-state index is 13.4. The summed E-state index contributed by atoms with van der Waals surface area (Å²) in [7, 11) is 0. The van der Waals surface area contributed by atoms with E-state index in [1.807, 2.05) is 67.6 Å². The van der Waals surface area contributed by atoms with Crippen LogP contribution in [0.1, 0.15) is 5.56 Å². The molecular weight excluding hydrogens is 478 g/mol. The second kappa shape index (κ2) is 7.55. The van der Waals surface area contributed by atoms with Crippen LogP contribution in [-0.2, 0) is 14.3 Å². The molecule has 2 bridgehead atoms. The first-order valence-corrected chi connectivity index (χ1v) is 11.2. The summed E-state index contributed by atoms with van der Waals surface area (Å²) in [6, 6.07) is 15.1. The van der Waals surface area contributed by atoms with Crippen molar-refractivity contribution in [2.24, 2.45) is 11.8 Å². The second-order valence-corrected chi connectivity index (χ2v) is 9.39. The van der Waals surface area contributed by atoms with E-state index in [9.17, 15) is 9.59 Å². The fraction of sp³-hybridized carbons (Fsp3) is 0.261. The van der Waals surface area contributed by atoms with Crippen molar-refractivity contribution < 1.29 is 14.3 Å². The molecule has 2 N–H and O–H groups in total. The molecule has 2 aromatic rings. The number of rotatable bonds is 4. The van der Waals surface area contributed by atoms with Crippen LogP contribution in [0.4, 0.5) is 11.4 Å². The minimum Gasteiger partial charge on any atom is -0.360 e. The molecule has 0 unspecified atom stereocenters. The molecule has 3 aliphatic heterocycles. The van der Waals surface area contributed by atoms with Crippen molar-refractivity contribution in [3.8, 4) is 0 Å². The van der Waals surface area contributed by atoms with Gasteiger partial charge in [-0.05, 0) is 55.5 Å². The number of hydrogen-bond donors (Lipinski definition) is 2. The lowest BCUT2D eigenvalue weighted by molar-refractivity contribution is -0.126. The number of halogens is 1. The second-order valence-electron chi connectivity index (χ2n) is 8.06.